The van der Waals surface area contributed by atoms with Crippen LogP contribution in [0.5, 0.6) is 0 Å². The second-order valence-electron chi connectivity index (χ2n) is 5.20. The van der Waals surface area contributed by atoms with Crippen LogP contribution in [0.3, 0.4) is 0 Å². The van der Waals surface area contributed by atoms with Gasteiger partial charge in [0.25, 0.3) is 0 Å². The first-order valence-corrected chi connectivity index (χ1v) is 7.35. The van der Waals surface area contributed by atoms with Crippen molar-refractivity contribution in [3.63, 3.8) is 0 Å². The van der Waals surface area contributed by atoms with E-state index in [2.05, 4.69) is 28.5 Å². The van der Waals surface area contributed by atoms with Gasteiger partial charge in [0.15, 0.2) is 10.9 Å². The molecule has 0 unspecified atom stereocenters. The molecule has 0 radical (unpaired) electrons. The molecule has 0 fully saturated rings. The molecule has 0 amide bonds. The predicted molar refractivity (Wildman–Crippen MR) is 84.9 cm³/mol. The Morgan fingerprint density at radius 1 is 1.35 bits per heavy atom. The highest BCUT2D eigenvalue weighted by Crippen LogP contribution is 2.30. The van der Waals surface area contributed by atoms with Gasteiger partial charge in [-0.3, -0.25) is 4.79 Å². The Balaban J connectivity index is 2.29. The molecule has 0 aliphatic rings. The average Bonchev–Trinajstić information content (AvgIpc) is 2.73. The number of rotatable bonds is 4. The molecule has 5 heteroatoms. The SMILES string of the molecule is Cc1ccc(C)c(Nc2nc(N)c(C(=O)C(C)C)s2)c1. The number of carbonyl (C=O) groups is 1. The fourth-order valence-corrected chi connectivity index (χ4v) is 2.79. The Bertz CT molecular complexity index is 647. The average molecular weight is 289 g/mol. The summed E-state index contributed by atoms with van der Waals surface area (Å²) in [4.78, 5) is 16.8. The summed E-state index contributed by atoms with van der Waals surface area (Å²) in [5, 5.41) is 3.90. The Morgan fingerprint density at radius 3 is 2.70 bits per heavy atom. The quantitative estimate of drug-likeness (QED) is 0.837. The second-order valence-corrected chi connectivity index (χ2v) is 6.19. The number of carbonyl (C=O) groups excluding carboxylic acids is 1. The van der Waals surface area contributed by atoms with Gasteiger partial charge in [0.1, 0.15) is 10.7 Å². The summed E-state index contributed by atoms with van der Waals surface area (Å²) >= 11 is 1.31. The van der Waals surface area contributed by atoms with Crippen molar-refractivity contribution in [3.8, 4) is 0 Å². The molecule has 1 heterocycles. The van der Waals surface area contributed by atoms with Crippen molar-refractivity contribution in [1.82, 2.24) is 4.98 Å². The lowest BCUT2D eigenvalue weighted by Gasteiger charge is -2.07. The number of nitrogens with one attached hydrogen (secondary N) is 1. The van der Waals surface area contributed by atoms with Gasteiger partial charge < -0.3 is 11.1 Å². The van der Waals surface area contributed by atoms with Crippen molar-refractivity contribution in [1.29, 1.82) is 0 Å². The van der Waals surface area contributed by atoms with Crippen LogP contribution in [-0.4, -0.2) is 10.8 Å². The molecular formula is C15H19N3OS. The van der Waals surface area contributed by atoms with Gasteiger partial charge >= 0.3 is 0 Å². The van der Waals surface area contributed by atoms with Crippen molar-refractivity contribution in [2.45, 2.75) is 27.7 Å². The summed E-state index contributed by atoms with van der Waals surface area (Å²) < 4.78 is 0. The fourth-order valence-electron chi connectivity index (χ4n) is 1.81. The number of thiazole rings is 1. The summed E-state index contributed by atoms with van der Waals surface area (Å²) in [5.74, 6) is 0.266. The third-order valence-corrected chi connectivity index (χ3v) is 4.04. The third-order valence-electron chi connectivity index (χ3n) is 3.04. The number of aryl methyl sites for hydroxylation is 2. The van der Waals surface area contributed by atoms with Gasteiger partial charge in [-0.25, -0.2) is 4.98 Å². The van der Waals surface area contributed by atoms with E-state index in [1.807, 2.05) is 27.7 Å². The van der Waals surface area contributed by atoms with Gasteiger partial charge in [0, 0.05) is 11.6 Å². The molecule has 20 heavy (non-hydrogen) atoms. The third kappa shape index (κ3) is 2.99. The van der Waals surface area contributed by atoms with E-state index in [0.717, 1.165) is 11.3 Å². The summed E-state index contributed by atoms with van der Waals surface area (Å²) in [6.07, 6.45) is 0. The van der Waals surface area contributed by atoms with Crippen LogP contribution in [0.4, 0.5) is 16.6 Å². The molecule has 0 bridgehead atoms. The number of aromatic nitrogens is 1. The summed E-state index contributed by atoms with van der Waals surface area (Å²) in [6.45, 7) is 7.78. The lowest BCUT2D eigenvalue weighted by Crippen LogP contribution is -2.07. The zero-order chi connectivity index (χ0) is 14.9. The van der Waals surface area contributed by atoms with Crippen LogP contribution in [0.2, 0.25) is 0 Å². The molecule has 0 aliphatic carbocycles. The number of ketones is 1. The molecule has 0 saturated carbocycles. The van der Waals surface area contributed by atoms with Gasteiger partial charge in [0.05, 0.1) is 0 Å². The molecule has 2 aromatic rings. The zero-order valence-corrected chi connectivity index (χ0v) is 13.0. The van der Waals surface area contributed by atoms with Crippen molar-refractivity contribution < 1.29 is 4.79 Å². The Kier molecular flexibility index (Phi) is 4.09. The number of Topliss-reactive ketones (excluding diaryl/α,β-unsaturated/α-hetero) is 1. The lowest BCUT2D eigenvalue weighted by molar-refractivity contribution is 0.0944. The standard InChI is InChI=1S/C15H19N3OS/c1-8(2)12(19)13-14(16)18-15(20-13)17-11-7-9(3)5-6-10(11)4/h5-8H,16H2,1-4H3,(H,17,18). The number of hydrogen-bond donors (Lipinski definition) is 2. The van der Waals surface area contributed by atoms with Gasteiger partial charge in [0.2, 0.25) is 0 Å². The molecule has 4 nitrogen and oxygen atoms in total. The number of hydrogen-bond acceptors (Lipinski definition) is 5. The molecule has 106 valence electrons. The van der Waals surface area contributed by atoms with Gasteiger partial charge in [-0.15, -0.1) is 0 Å². The first-order valence-electron chi connectivity index (χ1n) is 6.53. The van der Waals surface area contributed by atoms with Crippen LogP contribution in [0.25, 0.3) is 0 Å². The fraction of sp³-hybridized carbons (Fsp3) is 0.333. The molecule has 0 aliphatic heterocycles. The van der Waals surface area contributed by atoms with E-state index in [1.54, 1.807) is 0 Å². The Labute approximate surface area is 123 Å². The predicted octanol–water partition coefficient (Wildman–Crippen LogP) is 3.92. The number of nitrogens with two attached hydrogens (primary N) is 1. The van der Waals surface area contributed by atoms with Crippen LogP contribution >= 0.6 is 11.3 Å². The highest BCUT2D eigenvalue weighted by Gasteiger charge is 2.19. The van der Waals surface area contributed by atoms with E-state index < -0.39 is 0 Å². The van der Waals surface area contributed by atoms with Gasteiger partial charge in [-0.05, 0) is 31.0 Å². The maximum Gasteiger partial charge on any atom is 0.189 e. The number of anilines is 3. The van der Waals surface area contributed by atoms with Crippen LogP contribution in [0.15, 0.2) is 18.2 Å². The highest BCUT2D eigenvalue weighted by atomic mass is 32.1. The number of nitrogens with zero attached hydrogens (tertiary/aromatic N) is 1. The largest absolute Gasteiger partial charge is 0.382 e. The van der Waals surface area contributed by atoms with Crippen molar-refractivity contribution >= 4 is 33.8 Å². The molecular weight excluding hydrogens is 270 g/mol. The molecule has 1 aromatic carbocycles. The van der Waals surface area contributed by atoms with E-state index >= 15 is 0 Å². The molecule has 0 saturated heterocycles. The maximum atomic E-state index is 12.0. The van der Waals surface area contributed by atoms with E-state index in [-0.39, 0.29) is 11.7 Å². The highest BCUT2D eigenvalue weighted by molar-refractivity contribution is 7.18. The van der Waals surface area contributed by atoms with Crippen molar-refractivity contribution in [3.05, 3.63) is 34.2 Å². The minimum Gasteiger partial charge on any atom is -0.382 e. The van der Waals surface area contributed by atoms with E-state index in [1.165, 1.54) is 16.9 Å². The monoisotopic (exact) mass is 289 g/mol. The van der Waals surface area contributed by atoms with Crippen LogP contribution < -0.4 is 11.1 Å². The number of nitrogen functional groups attached to an aromatic ring is 1. The summed E-state index contributed by atoms with van der Waals surface area (Å²) in [6, 6.07) is 6.16. The van der Waals surface area contributed by atoms with E-state index in [4.69, 9.17) is 5.73 Å². The maximum absolute atomic E-state index is 12.0. The first-order chi connectivity index (χ1) is 9.38. The van der Waals surface area contributed by atoms with Gasteiger partial charge in [-0.2, -0.15) is 0 Å². The molecule has 2 rings (SSSR count). The van der Waals surface area contributed by atoms with Crippen LogP contribution in [0.1, 0.15) is 34.6 Å². The molecule has 0 spiro atoms. The first kappa shape index (κ1) is 14.5. The van der Waals surface area contributed by atoms with Crippen LogP contribution in [-0.2, 0) is 0 Å². The Hall–Kier alpha value is -1.88. The molecule has 1 aromatic heterocycles. The second kappa shape index (κ2) is 5.63. The summed E-state index contributed by atoms with van der Waals surface area (Å²) in [5.41, 5.74) is 9.12. The summed E-state index contributed by atoms with van der Waals surface area (Å²) in [7, 11) is 0. The normalized spacial score (nSPS) is 10.8. The van der Waals surface area contributed by atoms with Crippen LogP contribution in [0, 0.1) is 19.8 Å². The minimum atomic E-state index is -0.0775. The smallest absolute Gasteiger partial charge is 0.189 e. The van der Waals surface area contributed by atoms with Gasteiger partial charge in [-0.1, -0.05) is 37.3 Å². The minimum absolute atomic E-state index is 0.0361. The number of benzene rings is 1. The molecule has 0 atom stereocenters. The Morgan fingerprint density at radius 2 is 2.05 bits per heavy atom. The topological polar surface area (TPSA) is 68.0 Å². The van der Waals surface area contributed by atoms with E-state index in [9.17, 15) is 4.79 Å². The lowest BCUT2D eigenvalue weighted by atomic mass is 10.1. The van der Waals surface area contributed by atoms with Crippen molar-refractivity contribution in [2.24, 2.45) is 5.92 Å². The molecule has 3 N–H and O–H groups in total. The zero-order valence-electron chi connectivity index (χ0n) is 12.2. The van der Waals surface area contributed by atoms with E-state index in [0.29, 0.717) is 15.8 Å². The van der Waals surface area contributed by atoms with Crippen molar-refractivity contribution in [2.75, 3.05) is 11.1 Å².